The largest absolute Gasteiger partial charge is 0.356 e. The summed E-state index contributed by atoms with van der Waals surface area (Å²) in [7, 11) is -1.22. The van der Waals surface area contributed by atoms with Crippen LogP contribution >= 0.6 is 0 Å². The van der Waals surface area contributed by atoms with Crippen LogP contribution in [-0.4, -0.2) is 82.2 Å². The molecule has 0 unspecified atom stereocenters. The standard InChI is InChI=1S/C18H37N5O2S/c1-4-5-10-22-11-8-17(9-12-22)21-18(19-2)20-15-16-6-13-23(14-7-16)26(3,24)25/h16-17H,4-15H2,1-3H3,(H2,19,20,21). The molecule has 0 saturated carbocycles. The SMILES string of the molecule is CCCCN1CCC(NC(=NC)NCC2CCN(S(C)(=O)=O)CC2)CC1. The molecular formula is C18H37N5O2S. The topological polar surface area (TPSA) is 77.0 Å². The number of nitrogens with zero attached hydrogens (tertiary/aromatic N) is 3. The number of guanidine groups is 1. The Kier molecular flexibility index (Phi) is 8.63. The number of nitrogens with one attached hydrogen (secondary N) is 2. The second-order valence-electron chi connectivity index (χ2n) is 7.67. The van der Waals surface area contributed by atoms with Gasteiger partial charge in [0.1, 0.15) is 0 Å². The minimum atomic E-state index is -3.04. The first-order valence-electron chi connectivity index (χ1n) is 10.1. The highest BCUT2D eigenvalue weighted by molar-refractivity contribution is 7.88. The van der Waals surface area contributed by atoms with Crippen LogP contribution in [0.25, 0.3) is 0 Å². The molecule has 0 spiro atoms. The Morgan fingerprint density at radius 1 is 1.12 bits per heavy atom. The van der Waals surface area contributed by atoms with Crippen LogP contribution in [0.1, 0.15) is 45.4 Å². The van der Waals surface area contributed by atoms with E-state index in [0.717, 1.165) is 38.2 Å². The van der Waals surface area contributed by atoms with Crippen molar-refractivity contribution in [3.8, 4) is 0 Å². The maximum Gasteiger partial charge on any atom is 0.211 e. The second kappa shape index (κ2) is 10.5. The lowest BCUT2D eigenvalue weighted by atomic mass is 9.98. The molecule has 2 aliphatic rings. The third kappa shape index (κ3) is 7.04. The molecule has 152 valence electrons. The van der Waals surface area contributed by atoms with Crippen molar-refractivity contribution in [3.05, 3.63) is 0 Å². The van der Waals surface area contributed by atoms with Crippen molar-refractivity contribution >= 4 is 16.0 Å². The molecular weight excluding hydrogens is 350 g/mol. The van der Waals surface area contributed by atoms with Crippen LogP contribution in [0.5, 0.6) is 0 Å². The molecule has 0 aromatic rings. The number of likely N-dealkylation sites (tertiary alicyclic amines) is 1. The summed E-state index contributed by atoms with van der Waals surface area (Å²) in [6, 6.07) is 0.492. The van der Waals surface area contributed by atoms with Crippen LogP contribution in [0.2, 0.25) is 0 Å². The van der Waals surface area contributed by atoms with Crippen molar-refractivity contribution in [2.75, 3.05) is 52.6 Å². The zero-order chi connectivity index (χ0) is 19.0. The van der Waals surface area contributed by atoms with E-state index in [2.05, 4.69) is 27.4 Å². The highest BCUT2D eigenvalue weighted by Gasteiger charge is 2.25. The average molecular weight is 388 g/mol. The van der Waals surface area contributed by atoms with Crippen LogP contribution < -0.4 is 10.6 Å². The Morgan fingerprint density at radius 3 is 2.31 bits per heavy atom. The molecule has 2 aliphatic heterocycles. The summed E-state index contributed by atoms with van der Waals surface area (Å²) in [6.45, 7) is 7.92. The molecule has 0 aliphatic carbocycles. The monoisotopic (exact) mass is 387 g/mol. The first kappa shape index (κ1) is 21.4. The van der Waals surface area contributed by atoms with Gasteiger partial charge in [0, 0.05) is 45.8 Å². The Morgan fingerprint density at radius 2 is 1.77 bits per heavy atom. The van der Waals surface area contributed by atoms with Crippen LogP contribution in [0.15, 0.2) is 4.99 Å². The number of hydrogen-bond acceptors (Lipinski definition) is 4. The molecule has 0 amide bonds. The molecule has 0 radical (unpaired) electrons. The minimum absolute atomic E-state index is 0.492. The number of piperidine rings is 2. The third-order valence-corrected chi connectivity index (χ3v) is 6.88. The van der Waals surface area contributed by atoms with Crippen LogP contribution in [-0.2, 0) is 10.0 Å². The molecule has 2 rings (SSSR count). The fraction of sp³-hybridized carbons (Fsp3) is 0.944. The van der Waals surface area contributed by atoms with E-state index in [1.165, 1.54) is 38.7 Å². The predicted molar refractivity (Wildman–Crippen MR) is 108 cm³/mol. The zero-order valence-corrected chi connectivity index (χ0v) is 17.5. The Hall–Kier alpha value is -0.860. The van der Waals surface area contributed by atoms with E-state index in [-0.39, 0.29) is 0 Å². The van der Waals surface area contributed by atoms with Crippen LogP contribution in [0.4, 0.5) is 0 Å². The number of aliphatic imine (C=N–C) groups is 1. The molecule has 8 heteroatoms. The number of sulfonamides is 1. The van der Waals surface area contributed by atoms with Gasteiger partial charge in [0.25, 0.3) is 0 Å². The summed E-state index contributed by atoms with van der Waals surface area (Å²) in [5.74, 6) is 1.38. The maximum absolute atomic E-state index is 11.6. The van der Waals surface area contributed by atoms with Gasteiger partial charge in [0.05, 0.1) is 6.26 Å². The van der Waals surface area contributed by atoms with Crippen molar-refractivity contribution in [1.82, 2.24) is 19.8 Å². The summed E-state index contributed by atoms with van der Waals surface area (Å²) in [6.07, 6.45) is 8.00. The lowest BCUT2D eigenvalue weighted by Crippen LogP contribution is -2.50. The summed E-state index contributed by atoms with van der Waals surface area (Å²) >= 11 is 0. The van der Waals surface area contributed by atoms with Gasteiger partial charge in [-0.15, -0.1) is 0 Å². The van der Waals surface area contributed by atoms with E-state index in [9.17, 15) is 8.42 Å². The zero-order valence-electron chi connectivity index (χ0n) is 16.7. The lowest BCUT2D eigenvalue weighted by Gasteiger charge is -2.34. The lowest BCUT2D eigenvalue weighted by molar-refractivity contribution is 0.203. The van der Waals surface area contributed by atoms with Gasteiger partial charge in [-0.05, 0) is 44.6 Å². The van der Waals surface area contributed by atoms with Crippen molar-refractivity contribution in [2.45, 2.75) is 51.5 Å². The summed E-state index contributed by atoms with van der Waals surface area (Å²) in [5.41, 5.74) is 0. The fourth-order valence-corrected chi connectivity index (χ4v) is 4.63. The van der Waals surface area contributed by atoms with Gasteiger partial charge in [-0.25, -0.2) is 12.7 Å². The van der Waals surface area contributed by atoms with Gasteiger partial charge in [-0.3, -0.25) is 4.99 Å². The Balaban J connectivity index is 1.66. The van der Waals surface area contributed by atoms with Gasteiger partial charge in [0.15, 0.2) is 5.96 Å². The van der Waals surface area contributed by atoms with Gasteiger partial charge >= 0.3 is 0 Å². The van der Waals surface area contributed by atoms with Crippen molar-refractivity contribution < 1.29 is 8.42 Å². The first-order chi connectivity index (χ1) is 12.4. The van der Waals surface area contributed by atoms with E-state index in [4.69, 9.17) is 0 Å². The molecule has 2 fully saturated rings. The van der Waals surface area contributed by atoms with Gasteiger partial charge in [-0.1, -0.05) is 13.3 Å². The van der Waals surface area contributed by atoms with Gasteiger partial charge in [-0.2, -0.15) is 0 Å². The summed E-state index contributed by atoms with van der Waals surface area (Å²) < 4.78 is 24.8. The molecule has 2 heterocycles. The summed E-state index contributed by atoms with van der Waals surface area (Å²) in [4.78, 5) is 6.93. The molecule has 0 atom stereocenters. The predicted octanol–water partition coefficient (Wildman–Crippen LogP) is 1.09. The normalized spacial score (nSPS) is 22.5. The number of unbranched alkanes of at least 4 members (excludes halogenated alkanes) is 1. The van der Waals surface area contributed by atoms with Crippen LogP contribution in [0, 0.1) is 5.92 Å². The maximum atomic E-state index is 11.6. The fourth-order valence-electron chi connectivity index (χ4n) is 3.76. The molecule has 2 saturated heterocycles. The minimum Gasteiger partial charge on any atom is -0.356 e. The Bertz CT molecular complexity index is 536. The molecule has 0 bridgehead atoms. The van der Waals surface area contributed by atoms with Crippen LogP contribution in [0.3, 0.4) is 0 Å². The molecule has 0 aromatic carbocycles. The number of rotatable bonds is 7. The van der Waals surface area contributed by atoms with Crippen molar-refractivity contribution in [1.29, 1.82) is 0 Å². The quantitative estimate of drug-likeness (QED) is 0.505. The molecule has 0 aromatic heterocycles. The van der Waals surface area contributed by atoms with E-state index < -0.39 is 10.0 Å². The van der Waals surface area contributed by atoms with Gasteiger partial charge < -0.3 is 15.5 Å². The Labute approximate surface area is 159 Å². The molecule has 2 N–H and O–H groups in total. The molecule has 26 heavy (non-hydrogen) atoms. The smallest absolute Gasteiger partial charge is 0.211 e. The highest BCUT2D eigenvalue weighted by atomic mass is 32.2. The number of hydrogen-bond donors (Lipinski definition) is 2. The van der Waals surface area contributed by atoms with E-state index in [0.29, 0.717) is 25.0 Å². The van der Waals surface area contributed by atoms with Crippen molar-refractivity contribution in [2.24, 2.45) is 10.9 Å². The third-order valence-electron chi connectivity index (χ3n) is 5.58. The second-order valence-corrected chi connectivity index (χ2v) is 9.65. The average Bonchev–Trinajstić information content (AvgIpc) is 2.64. The van der Waals surface area contributed by atoms with Gasteiger partial charge in [0.2, 0.25) is 10.0 Å². The van der Waals surface area contributed by atoms with E-state index in [1.54, 1.807) is 4.31 Å². The summed E-state index contributed by atoms with van der Waals surface area (Å²) in [5, 5.41) is 7.00. The van der Waals surface area contributed by atoms with E-state index >= 15 is 0 Å². The first-order valence-corrected chi connectivity index (χ1v) is 11.9. The van der Waals surface area contributed by atoms with Crippen molar-refractivity contribution in [3.63, 3.8) is 0 Å². The highest BCUT2D eigenvalue weighted by Crippen LogP contribution is 2.18. The van der Waals surface area contributed by atoms with E-state index in [1.807, 2.05) is 7.05 Å². The molecule has 7 nitrogen and oxygen atoms in total.